The summed E-state index contributed by atoms with van der Waals surface area (Å²) in [5, 5.41) is 3.50. The Balaban J connectivity index is 2.02. The standard InChI is InChI=1S/C17H24N2O/c1-11-8-12(2)15-14(9-11)19-16(20-15)17(3,4)13-6-5-7-18-10-13/h8-9,13,18H,5-7,10H2,1-4H3. The predicted octanol–water partition coefficient (Wildman–Crippen LogP) is 3.72. The minimum absolute atomic E-state index is 0.0210. The first-order chi connectivity index (χ1) is 9.48. The molecular formula is C17H24N2O. The number of oxazole rings is 1. The molecule has 108 valence electrons. The fourth-order valence-corrected chi connectivity index (χ4v) is 3.29. The SMILES string of the molecule is Cc1cc(C)c2oc(C(C)(C)C3CCCNC3)nc2c1. The number of hydrogen-bond acceptors (Lipinski definition) is 3. The Morgan fingerprint density at radius 2 is 2.10 bits per heavy atom. The molecule has 0 saturated carbocycles. The Hall–Kier alpha value is -1.35. The molecule has 0 spiro atoms. The number of nitrogens with zero attached hydrogens (tertiary/aromatic N) is 1. The molecule has 1 aromatic carbocycles. The molecule has 0 amide bonds. The van der Waals surface area contributed by atoms with Gasteiger partial charge in [0.05, 0.1) is 0 Å². The van der Waals surface area contributed by atoms with E-state index in [0.29, 0.717) is 5.92 Å². The molecule has 2 heterocycles. The van der Waals surface area contributed by atoms with Gasteiger partial charge in [-0.3, -0.25) is 0 Å². The summed E-state index contributed by atoms with van der Waals surface area (Å²) in [6.07, 6.45) is 2.49. The lowest BCUT2D eigenvalue weighted by molar-refractivity contribution is 0.215. The summed E-state index contributed by atoms with van der Waals surface area (Å²) in [4.78, 5) is 4.79. The van der Waals surface area contributed by atoms with Crippen LogP contribution in [0.5, 0.6) is 0 Å². The van der Waals surface area contributed by atoms with Gasteiger partial charge in [-0.15, -0.1) is 0 Å². The maximum Gasteiger partial charge on any atom is 0.201 e. The lowest BCUT2D eigenvalue weighted by Gasteiger charge is -2.34. The fraction of sp³-hybridized carbons (Fsp3) is 0.588. The van der Waals surface area contributed by atoms with E-state index in [9.17, 15) is 0 Å². The van der Waals surface area contributed by atoms with Crippen LogP contribution in [0.2, 0.25) is 0 Å². The van der Waals surface area contributed by atoms with E-state index in [1.807, 2.05) is 0 Å². The van der Waals surface area contributed by atoms with Crippen LogP contribution in [0.15, 0.2) is 16.5 Å². The zero-order valence-electron chi connectivity index (χ0n) is 12.9. The number of aryl methyl sites for hydroxylation is 2. The van der Waals surface area contributed by atoms with Crippen molar-refractivity contribution < 1.29 is 4.42 Å². The van der Waals surface area contributed by atoms with Gasteiger partial charge in [-0.05, 0) is 62.9 Å². The highest BCUT2D eigenvalue weighted by molar-refractivity contribution is 5.77. The number of rotatable bonds is 2. The topological polar surface area (TPSA) is 38.1 Å². The zero-order chi connectivity index (χ0) is 14.3. The van der Waals surface area contributed by atoms with E-state index in [4.69, 9.17) is 9.40 Å². The van der Waals surface area contributed by atoms with Crippen molar-refractivity contribution in [1.29, 1.82) is 0 Å². The summed E-state index contributed by atoms with van der Waals surface area (Å²) in [6.45, 7) is 10.9. The van der Waals surface area contributed by atoms with Gasteiger partial charge in [0.2, 0.25) is 5.89 Å². The zero-order valence-corrected chi connectivity index (χ0v) is 12.9. The van der Waals surface area contributed by atoms with E-state index < -0.39 is 0 Å². The van der Waals surface area contributed by atoms with E-state index in [-0.39, 0.29) is 5.41 Å². The summed E-state index contributed by atoms with van der Waals surface area (Å²) >= 11 is 0. The van der Waals surface area contributed by atoms with Crippen molar-refractivity contribution in [2.24, 2.45) is 5.92 Å². The van der Waals surface area contributed by atoms with Gasteiger partial charge in [-0.1, -0.05) is 19.9 Å². The van der Waals surface area contributed by atoms with Crippen LogP contribution in [-0.2, 0) is 5.41 Å². The second-order valence-corrected chi connectivity index (χ2v) is 6.71. The normalized spacial score (nSPS) is 20.5. The molecule has 1 unspecified atom stereocenters. The predicted molar refractivity (Wildman–Crippen MR) is 82.1 cm³/mol. The molecule has 2 aromatic rings. The Morgan fingerprint density at radius 3 is 2.80 bits per heavy atom. The number of benzene rings is 1. The van der Waals surface area contributed by atoms with Crippen LogP contribution >= 0.6 is 0 Å². The van der Waals surface area contributed by atoms with E-state index in [2.05, 4.69) is 45.1 Å². The highest BCUT2D eigenvalue weighted by atomic mass is 16.3. The number of aromatic nitrogens is 1. The van der Waals surface area contributed by atoms with Crippen molar-refractivity contribution in [2.75, 3.05) is 13.1 Å². The number of piperidine rings is 1. The summed E-state index contributed by atoms with van der Waals surface area (Å²) in [5.74, 6) is 1.47. The molecule has 1 saturated heterocycles. The van der Waals surface area contributed by atoms with Crippen LogP contribution in [0.3, 0.4) is 0 Å². The van der Waals surface area contributed by atoms with Crippen LogP contribution in [0.1, 0.15) is 43.7 Å². The van der Waals surface area contributed by atoms with E-state index in [1.165, 1.54) is 24.0 Å². The molecule has 1 fully saturated rings. The second-order valence-electron chi connectivity index (χ2n) is 6.71. The van der Waals surface area contributed by atoms with Crippen LogP contribution in [-0.4, -0.2) is 18.1 Å². The van der Waals surface area contributed by atoms with Crippen molar-refractivity contribution in [2.45, 2.75) is 46.0 Å². The lowest BCUT2D eigenvalue weighted by Crippen LogP contribution is -2.40. The van der Waals surface area contributed by atoms with Crippen molar-refractivity contribution in [3.63, 3.8) is 0 Å². The van der Waals surface area contributed by atoms with Gasteiger partial charge in [0.15, 0.2) is 5.58 Å². The van der Waals surface area contributed by atoms with Crippen molar-refractivity contribution in [3.8, 4) is 0 Å². The van der Waals surface area contributed by atoms with Crippen molar-refractivity contribution >= 4 is 11.1 Å². The van der Waals surface area contributed by atoms with E-state index >= 15 is 0 Å². The third kappa shape index (κ3) is 2.24. The second kappa shape index (κ2) is 4.88. The Kier molecular flexibility index (Phi) is 3.33. The monoisotopic (exact) mass is 272 g/mol. The van der Waals surface area contributed by atoms with Gasteiger partial charge in [0.25, 0.3) is 0 Å². The van der Waals surface area contributed by atoms with Gasteiger partial charge in [0, 0.05) is 5.41 Å². The number of fused-ring (bicyclic) bond motifs is 1. The average Bonchev–Trinajstić information content (AvgIpc) is 2.84. The summed E-state index contributed by atoms with van der Waals surface area (Å²) in [6, 6.07) is 4.27. The molecule has 1 aromatic heterocycles. The fourth-order valence-electron chi connectivity index (χ4n) is 3.29. The molecule has 3 heteroatoms. The molecule has 1 aliphatic rings. The maximum atomic E-state index is 6.13. The van der Waals surface area contributed by atoms with Crippen LogP contribution in [0.4, 0.5) is 0 Å². The largest absolute Gasteiger partial charge is 0.440 e. The first-order valence-corrected chi connectivity index (χ1v) is 7.57. The Morgan fingerprint density at radius 1 is 1.30 bits per heavy atom. The molecule has 20 heavy (non-hydrogen) atoms. The minimum Gasteiger partial charge on any atom is -0.440 e. The smallest absolute Gasteiger partial charge is 0.201 e. The molecule has 1 aliphatic heterocycles. The van der Waals surface area contributed by atoms with Gasteiger partial charge in [-0.25, -0.2) is 4.98 Å². The summed E-state index contributed by atoms with van der Waals surface area (Å²) in [7, 11) is 0. The highest BCUT2D eigenvalue weighted by Gasteiger charge is 2.36. The number of nitrogens with one attached hydrogen (secondary N) is 1. The molecule has 1 N–H and O–H groups in total. The van der Waals surface area contributed by atoms with Crippen molar-refractivity contribution in [1.82, 2.24) is 10.3 Å². The lowest BCUT2D eigenvalue weighted by atomic mass is 9.75. The van der Waals surface area contributed by atoms with Crippen LogP contribution in [0, 0.1) is 19.8 Å². The van der Waals surface area contributed by atoms with Gasteiger partial charge in [0.1, 0.15) is 5.52 Å². The highest BCUT2D eigenvalue weighted by Crippen LogP contribution is 2.37. The van der Waals surface area contributed by atoms with Gasteiger partial charge in [-0.2, -0.15) is 0 Å². The average molecular weight is 272 g/mol. The Labute approximate surface area is 120 Å². The van der Waals surface area contributed by atoms with E-state index in [0.717, 1.165) is 30.1 Å². The maximum absolute atomic E-state index is 6.13. The van der Waals surface area contributed by atoms with E-state index in [1.54, 1.807) is 0 Å². The van der Waals surface area contributed by atoms with Crippen LogP contribution in [0.25, 0.3) is 11.1 Å². The quantitative estimate of drug-likeness (QED) is 0.905. The molecule has 3 nitrogen and oxygen atoms in total. The third-order valence-electron chi connectivity index (χ3n) is 4.69. The molecule has 1 atom stereocenters. The molecular weight excluding hydrogens is 248 g/mol. The van der Waals surface area contributed by atoms with Gasteiger partial charge < -0.3 is 9.73 Å². The molecule has 0 aliphatic carbocycles. The Bertz CT molecular complexity index is 621. The first-order valence-electron chi connectivity index (χ1n) is 7.57. The van der Waals surface area contributed by atoms with Crippen LogP contribution < -0.4 is 5.32 Å². The molecule has 3 rings (SSSR count). The molecule has 0 radical (unpaired) electrons. The summed E-state index contributed by atoms with van der Waals surface area (Å²) in [5.41, 5.74) is 4.34. The number of hydrogen-bond donors (Lipinski definition) is 1. The molecule has 0 bridgehead atoms. The third-order valence-corrected chi connectivity index (χ3v) is 4.69. The van der Waals surface area contributed by atoms with Crippen molar-refractivity contribution in [3.05, 3.63) is 29.2 Å². The minimum atomic E-state index is -0.0210. The van der Waals surface area contributed by atoms with Gasteiger partial charge >= 0.3 is 0 Å². The summed E-state index contributed by atoms with van der Waals surface area (Å²) < 4.78 is 6.13. The first kappa shape index (κ1) is 13.6.